The third-order valence-corrected chi connectivity index (χ3v) is 3.17. The van der Waals surface area contributed by atoms with Crippen LogP contribution in [0.1, 0.15) is 52.9 Å². The minimum Gasteiger partial charge on any atom is -0.0649 e. The van der Waals surface area contributed by atoms with Crippen molar-refractivity contribution in [2.45, 2.75) is 52.9 Å². The van der Waals surface area contributed by atoms with E-state index in [2.05, 4.69) is 20.8 Å². The van der Waals surface area contributed by atoms with Crippen LogP contribution in [-0.2, 0) is 0 Å². The average molecular weight is 140 g/mol. The highest BCUT2D eigenvalue weighted by molar-refractivity contribution is 4.79. The Morgan fingerprint density at radius 1 is 1.50 bits per heavy atom. The summed E-state index contributed by atoms with van der Waals surface area (Å²) < 4.78 is 0. The van der Waals surface area contributed by atoms with E-state index in [4.69, 9.17) is 0 Å². The minimum atomic E-state index is 0.692. The van der Waals surface area contributed by atoms with Gasteiger partial charge in [0.15, 0.2) is 0 Å². The van der Waals surface area contributed by atoms with E-state index in [9.17, 15) is 0 Å². The molecule has 1 rings (SSSR count). The SMILES string of the molecule is CC[C@@]1(C)CCC[C@H](C)C1. The lowest BCUT2D eigenvalue weighted by atomic mass is 9.70. The fourth-order valence-electron chi connectivity index (χ4n) is 2.24. The maximum absolute atomic E-state index is 2.45. The molecule has 0 saturated heterocycles. The van der Waals surface area contributed by atoms with Crippen LogP contribution in [0, 0.1) is 11.3 Å². The number of rotatable bonds is 1. The average Bonchev–Trinajstić information content (AvgIpc) is 1.88. The molecule has 0 aliphatic heterocycles. The highest BCUT2D eigenvalue weighted by atomic mass is 14.3. The summed E-state index contributed by atoms with van der Waals surface area (Å²) in [5.41, 5.74) is 0.692. The van der Waals surface area contributed by atoms with Crippen molar-refractivity contribution >= 4 is 0 Å². The maximum Gasteiger partial charge on any atom is -0.0326 e. The molecule has 0 aromatic heterocycles. The van der Waals surface area contributed by atoms with Gasteiger partial charge in [0.1, 0.15) is 0 Å². The maximum atomic E-state index is 2.45. The molecular formula is C10H20. The van der Waals surface area contributed by atoms with E-state index in [1.54, 1.807) is 0 Å². The van der Waals surface area contributed by atoms with Crippen molar-refractivity contribution in [2.24, 2.45) is 11.3 Å². The van der Waals surface area contributed by atoms with Crippen LogP contribution in [0.3, 0.4) is 0 Å². The van der Waals surface area contributed by atoms with Gasteiger partial charge in [-0.1, -0.05) is 40.0 Å². The van der Waals surface area contributed by atoms with E-state index < -0.39 is 0 Å². The van der Waals surface area contributed by atoms with Crippen LogP contribution in [0.5, 0.6) is 0 Å². The molecule has 0 heteroatoms. The van der Waals surface area contributed by atoms with Crippen LogP contribution in [-0.4, -0.2) is 0 Å². The second kappa shape index (κ2) is 2.94. The lowest BCUT2D eigenvalue weighted by Crippen LogP contribution is -2.23. The Balaban J connectivity index is 2.45. The molecule has 0 N–H and O–H groups in total. The Labute approximate surface area is 65.0 Å². The largest absolute Gasteiger partial charge is 0.0649 e. The molecule has 1 aliphatic carbocycles. The summed E-state index contributed by atoms with van der Waals surface area (Å²) in [5.74, 6) is 0.985. The molecule has 0 nitrogen and oxygen atoms in total. The van der Waals surface area contributed by atoms with E-state index in [1.807, 2.05) is 0 Å². The molecule has 0 radical (unpaired) electrons. The Morgan fingerprint density at radius 2 is 2.20 bits per heavy atom. The summed E-state index contributed by atoms with van der Waals surface area (Å²) in [7, 11) is 0. The van der Waals surface area contributed by atoms with Crippen LogP contribution in [0.2, 0.25) is 0 Å². The second-order valence-electron chi connectivity index (χ2n) is 4.37. The standard InChI is InChI=1S/C10H20/c1-4-10(3)7-5-6-9(2)8-10/h9H,4-8H2,1-3H3/t9-,10-/m0/s1. The van der Waals surface area contributed by atoms with Gasteiger partial charge in [-0.2, -0.15) is 0 Å². The van der Waals surface area contributed by atoms with Crippen LogP contribution in [0.4, 0.5) is 0 Å². The first-order chi connectivity index (χ1) is 4.66. The smallest absolute Gasteiger partial charge is 0.0326 e. The van der Waals surface area contributed by atoms with E-state index in [1.165, 1.54) is 32.1 Å². The highest BCUT2D eigenvalue weighted by Crippen LogP contribution is 2.40. The van der Waals surface area contributed by atoms with Crippen molar-refractivity contribution in [3.8, 4) is 0 Å². The fourth-order valence-corrected chi connectivity index (χ4v) is 2.24. The quantitative estimate of drug-likeness (QED) is 0.522. The van der Waals surface area contributed by atoms with Gasteiger partial charge in [0.05, 0.1) is 0 Å². The van der Waals surface area contributed by atoms with E-state index in [0.29, 0.717) is 5.41 Å². The summed E-state index contributed by atoms with van der Waals surface area (Å²) >= 11 is 0. The molecular weight excluding hydrogens is 120 g/mol. The molecule has 0 unspecified atom stereocenters. The molecule has 0 bridgehead atoms. The van der Waals surface area contributed by atoms with Crippen LogP contribution >= 0.6 is 0 Å². The first-order valence-corrected chi connectivity index (χ1v) is 4.66. The number of hydrogen-bond acceptors (Lipinski definition) is 0. The molecule has 1 aliphatic rings. The molecule has 2 atom stereocenters. The summed E-state index contributed by atoms with van der Waals surface area (Å²) in [6.45, 7) is 7.17. The van der Waals surface area contributed by atoms with Gasteiger partial charge in [-0.25, -0.2) is 0 Å². The molecule has 10 heavy (non-hydrogen) atoms. The summed E-state index contributed by atoms with van der Waals surface area (Å²) in [6, 6.07) is 0. The zero-order chi connectivity index (χ0) is 7.61. The Kier molecular flexibility index (Phi) is 2.38. The normalized spacial score (nSPS) is 41.7. The molecule has 60 valence electrons. The first-order valence-electron chi connectivity index (χ1n) is 4.66. The third-order valence-electron chi connectivity index (χ3n) is 3.17. The molecule has 0 heterocycles. The lowest BCUT2D eigenvalue weighted by molar-refractivity contribution is 0.162. The Morgan fingerprint density at radius 3 is 2.60 bits per heavy atom. The lowest BCUT2D eigenvalue weighted by Gasteiger charge is -2.36. The van der Waals surface area contributed by atoms with Crippen molar-refractivity contribution in [3.05, 3.63) is 0 Å². The molecule has 0 spiro atoms. The second-order valence-corrected chi connectivity index (χ2v) is 4.37. The van der Waals surface area contributed by atoms with Crippen molar-refractivity contribution in [3.63, 3.8) is 0 Å². The predicted octanol–water partition coefficient (Wildman–Crippen LogP) is 3.61. The van der Waals surface area contributed by atoms with Gasteiger partial charge >= 0.3 is 0 Å². The monoisotopic (exact) mass is 140 g/mol. The fraction of sp³-hybridized carbons (Fsp3) is 1.00. The van der Waals surface area contributed by atoms with Gasteiger partial charge in [-0.05, 0) is 24.2 Å². The Bertz CT molecular complexity index is 107. The first kappa shape index (κ1) is 8.10. The van der Waals surface area contributed by atoms with Crippen LogP contribution in [0.25, 0.3) is 0 Å². The zero-order valence-corrected chi connectivity index (χ0v) is 7.61. The Hall–Kier alpha value is 0. The van der Waals surface area contributed by atoms with Gasteiger partial charge < -0.3 is 0 Å². The molecule has 0 aromatic carbocycles. The van der Waals surface area contributed by atoms with Gasteiger partial charge in [0.2, 0.25) is 0 Å². The van der Waals surface area contributed by atoms with E-state index in [0.717, 1.165) is 5.92 Å². The zero-order valence-electron chi connectivity index (χ0n) is 7.61. The van der Waals surface area contributed by atoms with Gasteiger partial charge in [0, 0.05) is 0 Å². The van der Waals surface area contributed by atoms with E-state index in [-0.39, 0.29) is 0 Å². The summed E-state index contributed by atoms with van der Waals surface area (Å²) in [4.78, 5) is 0. The molecule has 0 amide bonds. The highest BCUT2D eigenvalue weighted by Gasteiger charge is 2.27. The predicted molar refractivity (Wildman–Crippen MR) is 46.0 cm³/mol. The van der Waals surface area contributed by atoms with E-state index >= 15 is 0 Å². The van der Waals surface area contributed by atoms with Crippen molar-refractivity contribution in [1.29, 1.82) is 0 Å². The van der Waals surface area contributed by atoms with Gasteiger partial charge in [0.25, 0.3) is 0 Å². The van der Waals surface area contributed by atoms with Crippen molar-refractivity contribution < 1.29 is 0 Å². The van der Waals surface area contributed by atoms with Gasteiger partial charge in [-0.3, -0.25) is 0 Å². The minimum absolute atomic E-state index is 0.692. The third kappa shape index (κ3) is 1.74. The van der Waals surface area contributed by atoms with Crippen LogP contribution in [0.15, 0.2) is 0 Å². The molecule has 0 aromatic rings. The van der Waals surface area contributed by atoms with Gasteiger partial charge in [-0.15, -0.1) is 0 Å². The van der Waals surface area contributed by atoms with Crippen molar-refractivity contribution in [1.82, 2.24) is 0 Å². The summed E-state index contributed by atoms with van der Waals surface area (Å²) in [5, 5.41) is 0. The van der Waals surface area contributed by atoms with Crippen LogP contribution < -0.4 is 0 Å². The topological polar surface area (TPSA) is 0 Å². The molecule has 1 saturated carbocycles. The summed E-state index contributed by atoms with van der Waals surface area (Å²) in [6.07, 6.45) is 7.23. The number of hydrogen-bond donors (Lipinski definition) is 0. The van der Waals surface area contributed by atoms with Crippen molar-refractivity contribution in [2.75, 3.05) is 0 Å². The molecule has 1 fully saturated rings.